The van der Waals surface area contributed by atoms with E-state index in [0.717, 1.165) is 14.7 Å². The first-order valence-corrected chi connectivity index (χ1v) is 33.3. The number of hydrogen-bond acceptors (Lipinski definition) is 49. The maximum Gasteiger partial charge on any atom is 3.00 e. The van der Waals surface area contributed by atoms with Crippen LogP contribution in [0.5, 0.6) is 0 Å². The Bertz CT molecular complexity index is 2630. The molecule has 2 amide bonds. The van der Waals surface area contributed by atoms with Crippen molar-refractivity contribution in [2.24, 2.45) is 10.3 Å². The van der Waals surface area contributed by atoms with Gasteiger partial charge in [0.15, 0.2) is 25.2 Å². The predicted molar refractivity (Wildman–Crippen MR) is 338 cm³/mol. The summed E-state index contributed by atoms with van der Waals surface area (Å²) in [5, 5.41) is 273. The maximum absolute atomic E-state index is 12.8. The molecule has 4 aliphatic heterocycles. The summed E-state index contributed by atoms with van der Waals surface area (Å²) in [6.45, 7) is -15.1. The molecular weight excluding hydrogens is 1670 g/mol. The number of oxime groups is 2. The summed E-state index contributed by atoms with van der Waals surface area (Å²) < 4.78 is 52.9. The quantitative estimate of drug-likeness (QED) is 0.0116. The number of aliphatic hydroxyl groups is 22. The van der Waals surface area contributed by atoms with Crippen molar-refractivity contribution in [2.45, 2.75) is 172 Å². The van der Waals surface area contributed by atoms with Gasteiger partial charge in [-0.2, -0.15) is 0 Å². The van der Waals surface area contributed by atoms with Gasteiger partial charge in [0.2, 0.25) is 25.0 Å². The van der Waals surface area contributed by atoms with E-state index in [0.29, 0.717) is 12.4 Å². The van der Waals surface area contributed by atoms with E-state index in [9.17, 15) is 161 Å². The summed E-state index contributed by atoms with van der Waals surface area (Å²) in [5.41, 5.74) is 0. The predicted octanol–water partition coefficient (Wildman–Crippen LogP) is -24.2. The molecule has 4 saturated heterocycles. The van der Waals surface area contributed by atoms with Crippen LogP contribution in [0.1, 0.15) is 0 Å². The molecule has 4 aliphatic rings. The molecule has 0 spiro atoms. The van der Waals surface area contributed by atoms with Gasteiger partial charge in [-0.05, 0) is 0 Å². The van der Waals surface area contributed by atoms with Gasteiger partial charge in [0, 0.05) is 45.8 Å². The minimum atomic E-state index is -2.28. The third-order valence-corrected chi connectivity index (χ3v) is 16.6. The minimum absolute atomic E-state index is 0. The first-order valence-electron chi connectivity index (χ1n) is 33.3. The average Bonchev–Trinajstić information content (AvgIpc) is 0.788. The summed E-state index contributed by atoms with van der Waals surface area (Å²) in [5.74, 6) is -8.99. The zero-order valence-corrected chi connectivity index (χ0v) is 60.8. The molecule has 28 atom stereocenters. The number of ether oxygens (including phenoxy) is 10. The van der Waals surface area contributed by atoms with Gasteiger partial charge in [0.1, 0.15) is 160 Å². The molecule has 111 heavy (non-hydrogen) atoms. The number of carbonyl (C=O) groups excluding carboxylic acids is 7. The fourth-order valence-electron chi connectivity index (χ4n) is 10.7. The Kier molecular flexibility index (Phi) is 47.9. The topological polar surface area (TPSA) is 834 Å². The fourth-order valence-corrected chi connectivity index (χ4v) is 10.7. The SMILES string of the molecule is O.O=C([O-])CN(CCN(CC(=O)[O-])CC(=O)NCCOC(=O)CO/N=C/[C@@H](O)[C@H](O)[C@@H](O[C@@H]1O[C@H](CO)[C@@H](O[C@@H]2O[C@H](CO)[C@@H](O)[C@H](O)[C@H]2O)[C@H](O)[C@H]1O)[C@@H](O)CO)CCN(CC(=O)[O-])CC(=O)NCCOC(=O)CO/N=C/[C@@H](O)[C@H](O)[C@@H](O[C@H]1O[C@H](CO)[C@@H](O[C@@H]2O[C@H](CO)[C@@H](O)[C@H](O)[C@H]2O)[C@H](O)[C@H]1O)[C@@H](O)CO.[Gd+3]. The summed E-state index contributed by atoms with van der Waals surface area (Å²) in [6.07, 6.45) is -54.0. The Balaban J connectivity index is 0.0000209. The first kappa shape index (κ1) is 102. The van der Waals surface area contributed by atoms with Crippen LogP contribution in [0.2, 0.25) is 0 Å². The first-order chi connectivity index (χ1) is 51.6. The molecule has 4 rings (SSSR count). The Labute approximate surface area is 660 Å². The molecule has 4 fully saturated rings. The second kappa shape index (κ2) is 52.0. The van der Waals surface area contributed by atoms with Crippen LogP contribution in [0.3, 0.4) is 0 Å². The van der Waals surface area contributed by atoms with E-state index in [1.54, 1.807) is 0 Å². The number of nitrogens with zero attached hydrogens (tertiary/aromatic N) is 5. The van der Waals surface area contributed by atoms with E-state index in [2.05, 4.69) is 20.9 Å². The number of carboxylic acids is 3. The van der Waals surface area contributed by atoms with Gasteiger partial charge in [-0.3, -0.25) is 24.3 Å². The van der Waals surface area contributed by atoms with Gasteiger partial charge in [-0.1, -0.05) is 10.3 Å². The monoisotopic (exact) mass is 1770 g/mol. The van der Waals surface area contributed by atoms with Gasteiger partial charge in [-0.15, -0.1) is 0 Å². The van der Waals surface area contributed by atoms with Crippen LogP contribution in [-0.2, 0) is 90.6 Å². The van der Waals surface area contributed by atoms with Crippen molar-refractivity contribution in [3.8, 4) is 0 Å². The van der Waals surface area contributed by atoms with Crippen molar-refractivity contribution in [3.05, 3.63) is 0 Å². The smallest absolute Gasteiger partial charge is 0.549 e. The number of carboxylic acid groups (broad SMARTS) is 3. The summed E-state index contributed by atoms with van der Waals surface area (Å²) >= 11 is 0. The molecule has 1 radical (unpaired) electrons. The Morgan fingerprint density at radius 3 is 1.05 bits per heavy atom. The van der Waals surface area contributed by atoms with Crippen molar-refractivity contribution in [1.82, 2.24) is 25.3 Å². The van der Waals surface area contributed by atoms with Crippen LogP contribution >= 0.6 is 0 Å². The second-order valence-corrected chi connectivity index (χ2v) is 24.7. The van der Waals surface area contributed by atoms with Crippen LogP contribution in [0.25, 0.3) is 0 Å². The second-order valence-electron chi connectivity index (χ2n) is 24.7. The molecule has 0 aliphatic carbocycles. The van der Waals surface area contributed by atoms with Crippen molar-refractivity contribution < 1.29 is 264 Å². The molecule has 26 N–H and O–H groups in total. The molecule has 0 aromatic carbocycles. The van der Waals surface area contributed by atoms with Gasteiger partial charge in [0.05, 0.1) is 96.2 Å². The number of esters is 2. The third kappa shape index (κ3) is 32.7. The van der Waals surface area contributed by atoms with E-state index in [-0.39, 0.29) is 71.6 Å². The van der Waals surface area contributed by atoms with Gasteiger partial charge < -0.3 is 215 Å². The number of rotatable bonds is 50. The van der Waals surface area contributed by atoms with Crippen molar-refractivity contribution in [3.63, 3.8) is 0 Å². The number of aliphatic hydroxyl groups excluding tert-OH is 22. The third-order valence-electron chi connectivity index (χ3n) is 16.6. The summed E-state index contributed by atoms with van der Waals surface area (Å²) in [7, 11) is 0. The molecular formula is C58H98GdN7O45. The molecule has 0 aromatic heterocycles. The van der Waals surface area contributed by atoms with Gasteiger partial charge >= 0.3 is 51.9 Å². The number of nitrogens with one attached hydrogen (secondary N) is 2. The fraction of sp³-hybridized carbons (Fsp3) is 0.845. The van der Waals surface area contributed by atoms with E-state index in [4.69, 9.17) is 57.0 Å². The van der Waals surface area contributed by atoms with Crippen molar-refractivity contribution in [1.29, 1.82) is 0 Å². The van der Waals surface area contributed by atoms with Crippen LogP contribution < -0.4 is 26.0 Å². The van der Waals surface area contributed by atoms with E-state index >= 15 is 0 Å². The van der Waals surface area contributed by atoms with Gasteiger partial charge in [0.25, 0.3) is 0 Å². The minimum Gasteiger partial charge on any atom is -0.549 e. The zero-order valence-electron chi connectivity index (χ0n) is 58.6. The number of carbonyl (C=O) groups is 7. The van der Waals surface area contributed by atoms with Crippen molar-refractivity contribution in [2.75, 3.05) is 138 Å². The average molecular weight is 1770 g/mol. The summed E-state index contributed by atoms with van der Waals surface area (Å²) in [6, 6.07) is 0. The number of amides is 2. The Morgan fingerprint density at radius 1 is 0.423 bits per heavy atom. The van der Waals surface area contributed by atoms with Crippen LogP contribution in [0, 0.1) is 39.9 Å². The van der Waals surface area contributed by atoms with E-state index in [1.165, 1.54) is 0 Å². The van der Waals surface area contributed by atoms with Crippen LogP contribution in [-0.4, -0.2) is 496 Å². The Morgan fingerprint density at radius 2 is 0.730 bits per heavy atom. The van der Waals surface area contributed by atoms with Crippen LogP contribution in [0.4, 0.5) is 0 Å². The standard InChI is InChI=1S/C58H99N7O44.Gd.H2O/c66-16-26(74)51(106-57-49(96)45(92)53(30(20-70)104-57)108-55-47(94)43(90)41(88)28(18-68)102-55)39(86)24(72)9-61-100-22-37(84)98-7-1-59-32(76)11-64(14-35(80)81)5-3-63(13-34(78)79)4-6-65(15-36(82)83)12-33(77)60-2-8-99-38(85)23-101-62-10-25(73)40(87)52(27(75)17-67)107-58-50(97)46(93)54(31(21-71)105-58)109-56-48(95)44(91)42(89)29(19-69)103-56;;/h9-10,24-31,39-58,66-75,86-97H,1-8,11-23H2,(H,59,76)(H,60,77)(H,78,79)(H,80,81)(H,82,83);;1H2/q;+3;/p-3/b61-9+,62-10+;;/t24-,25-,26+,27+,28-,29-,30-,31-,39+,40+,41-,42-,43+,44+,45-,46-,47-,48-,49-,50-,51+,52+,53-,54-,55+,56+,57-,58+;;/m1../s1. The molecule has 643 valence electrons. The van der Waals surface area contributed by atoms with Gasteiger partial charge in [-0.25, -0.2) is 9.59 Å². The van der Waals surface area contributed by atoms with Crippen LogP contribution in [0.15, 0.2) is 10.3 Å². The largest absolute Gasteiger partial charge is 3.00 e. The molecule has 4 heterocycles. The van der Waals surface area contributed by atoms with Crippen molar-refractivity contribution >= 4 is 54.1 Å². The molecule has 0 bridgehead atoms. The molecule has 0 aromatic rings. The number of aliphatic carboxylic acids is 3. The normalized spacial score (nSPS) is 30.6. The Hall–Kier alpha value is -4.81. The molecule has 52 nitrogen and oxygen atoms in total. The molecule has 53 heteroatoms. The zero-order chi connectivity index (χ0) is 81.5. The van der Waals surface area contributed by atoms with E-state index in [1.807, 2.05) is 0 Å². The van der Waals surface area contributed by atoms with E-state index < -0.39 is 325 Å². The summed E-state index contributed by atoms with van der Waals surface area (Å²) in [4.78, 5) is 97.8. The molecule has 0 unspecified atom stereocenters. The molecule has 0 saturated carbocycles. The number of hydrogen-bond donors (Lipinski definition) is 24. The maximum atomic E-state index is 12.8.